The molecule has 3 rings (SSSR count). The quantitative estimate of drug-likeness (QED) is 0.708. The predicted molar refractivity (Wildman–Crippen MR) is 71.4 cm³/mol. The van der Waals surface area contributed by atoms with Gasteiger partial charge in [0.2, 0.25) is 0 Å². The Morgan fingerprint density at radius 1 is 0.739 bits per heavy atom. The highest BCUT2D eigenvalue weighted by Gasteiger charge is 2.70. The van der Waals surface area contributed by atoms with E-state index in [0.29, 0.717) is 37.0 Å². The summed E-state index contributed by atoms with van der Waals surface area (Å²) in [7, 11) is 0. The third-order valence-corrected chi connectivity index (χ3v) is 6.50. The standard InChI is InChI=1S/C16H22F6O/c17-15(18,19)14(23,16(20,21)22)8-10-2-4-12(6-10)13-7-9-1-3-11(13)5-9/h9-13,23H,1-8H2. The minimum atomic E-state index is -5.68. The molecule has 23 heavy (non-hydrogen) atoms. The first kappa shape index (κ1) is 17.4. The van der Waals surface area contributed by atoms with E-state index in [1.54, 1.807) is 0 Å². The molecule has 3 aliphatic carbocycles. The van der Waals surface area contributed by atoms with Gasteiger partial charge >= 0.3 is 12.4 Å². The lowest BCUT2D eigenvalue weighted by molar-refractivity contribution is -0.372. The maximum atomic E-state index is 12.8. The topological polar surface area (TPSA) is 20.2 Å². The molecule has 0 saturated heterocycles. The van der Waals surface area contributed by atoms with Gasteiger partial charge in [0.15, 0.2) is 0 Å². The van der Waals surface area contributed by atoms with E-state index in [2.05, 4.69) is 0 Å². The van der Waals surface area contributed by atoms with E-state index in [1.165, 1.54) is 12.8 Å². The van der Waals surface area contributed by atoms with E-state index in [4.69, 9.17) is 0 Å². The Labute approximate surface area is 131 Å². The lowest BCUT2D eigenvalue weighted by Crippen LogP contribution is -2.57. The molecule has 5 unspecified atom stereocenters. The molecule has 3 saturated carbocycles. The van der Waals surface area contributed by atoms with Crippen LogP contribution in [0, 0.1) is 29.6 Å². The monoisotopic (exact) mass is 344 g/mol. The van der Waals surface area contributed by atoms with Crippen molar-refractivity contribution in [3.63, 3.8) is 0 Å². The van der Waals surface area contributed by atoms with Crippen molar-refractivity contribution in [2.24, 2.45) is 29.6 Å². The first-order valence-electron chi connectivity index (χ1n) is 8.37. The van der Waals surface area contributed by atoms with Crippen LogP contribution in [0.15, 0.2) is 0 Å². The van der Waals surface area contributed by atoms with Crippen molar-refractivity contribution in [2.45, 2.75) is 69.3 Å². The lowest BCUT2D eigenvalue weighted by Gasteiger charge is -2.34. The molecule has 0 aliphatic heterocycles. The molecule has 5 atom stereocenters. The molecule has 0 amide bonds. The third kappa shape index (κ3) is 2.98. The van der Waals surface area contributed by atoms with E-state index in [9.17, 15) is 31.4 Å². The van der Waals surface area contributed by atoms with Crippen LogP contribution in [-0.2, 0) is 0 Å². The molecular weight excluding hydrogens is 322 g/mol. The number of hydrogen-bond acceptors (Lipinski definition) is 1. The summed E-state index contributed by atoms with van der Waals surface area (Å²) in [5.74, 6) is 1.34. The summed E-state index contributed by atoms with van der Waals surface area (Å²) in [4.78, 5) is 0. The van der Waals surface area contributed by atoms with Crippen molar-refractivity contribution < 1.29 is 31.4 Å². The minimum absolute atomic E-state index is 0.237. The van der Waals surface area contributed by atoms with Crippen molar-refractivity contribution in [3.05, 3.63) is 0 Å². The molecule has 1 nitrogen and oxygen atoms in total. The van der Waals surface area contributed by atoms with Gasteiger partial charge in [-0.05, 0) is 68.1 Å². The van der Waals surface area contributed by atoms with Gasteiger partial charge in [0.05, 0.1) is 0 Å². The molecule has 0 radical (unpaired) electrons. The number of alkyl halides is 6. The molecular formula is C16H22F6O. The van der Waals surface area contributed by atoms with Gasteiger partial charge in [-0.2, -0.15) is 26.3 Å². The highest BCUT2D eigenvalue weighted by Crippen LogP contribution is 2.56. The normalized spacial score (nSPS) is 38.5. The molecule has 0 aromatic rings. The maximum absolute atomic E-state index is 12.8. The van der Waals surface area contributed by atoms with Gasteiger partial charge < -0.3 is 5.11 Å². The average molecular weight is 344 g/mol. The Morgan fingerprint density at radius 2 is 1.30 bits per heavy atom. The molecule has 0 heterocycles. The second-order valence-corrected chi connectivity index (χ2v) is 7.84. The second kappa shape index (κ2) is 5.53. The number of halogens is 6. The number of fused-ring (bicyclic) bond motifs is 2. The summed E-state index contributed by atoms with van der Waals surface area (Å²) >= 11 is 0. The summed E-state index contributed by atoms with van der Waals surface area (Å²) in [5, 5.41) is 9.35. The zero-order valence-electron chi connectivity index (χ0n) is 12.8. The third-order valence-electron chi connectivity index (χ3n) is 6.50. The van der Waals surface area contributed by atoms with Gasteiger partial charge in [0, 0.05) is 0 Å². The van der Waals surface area contributed by atoms with Crippen LogP contribution in [0.25, 0.3) is 0 Å². The van der Waals surface area contributed by atoms with Crippen LogP contribution >= 0.6 is 0 Å². The minimum Gasteiger partial charge on any atom is -0.374 e. The van der Waals surface area contributed by atoms with Crippen LogP contribution in [0.5, 0.6) is 0 Å². The molecule has 7 heteroatoms. The highest BCUT2D eigenvalue weighted by molar-refractivity contribution is 4.99. The SMILES string of the molecule is OC(CC1CCC(C2CC3CCC2C3)C1)(C(F)(F)F)C(F)(F)F. The molecule has 0 aromatic heterocycles. The van der Waals surface area contributed by atoms with Crippen molar-refractivity contribution in [2.75, 3.05) is 0 Å². The van der Waals surface area contributed by atoms with Gasteiger partial charge in [0.25, 0.3) is 5.60 Å². The summed E-state index contributed by atoms with van der Waals surface area (Å²) in [6, 6.07) is 0. The molecule has 3 aliphatic rings. The van der Waals surface area contributed by atoms with Gasteiger partial charge in [-0.3, -0.25) is 0 Å². The predicted octanol–water partition coefficient (Wildman–Crippen LogP) is 5.08. The smallest absolute Gasteiger partial charge is 0.374 e. The van der Waals surface area contributed by atoms with E-state index in [1.807, 2.05) is 0 Å². The van der Waals surface area contributed by atoms with Crippen LogP contribution in [-0.4, -0.2) is 23.1 Å². The van der Waals surface area contributed by atoms with Crippen LogP contribution in [0.4, 0.5) is 26.3 Å². The van der Waals surface area contributed by atoms with Crippen LogP contribution in [0.3, 0.4) is 0 Å². The zero-order chi connectivity index (χ0) is 17.0. The van der Waals surface area contributed by atoms with Crippen LogP contribution in [0.2, 0.25) is 0 Å². The molecule has 0 spiro atoms. The Hall–Kier alpha value is -0.460. The van der Waals surface area contributed by atoms with Gasteiger partial charge in [-0.15, -0.1) is 0 Å². The van der Waals surface area contributed by atoms with Crippen molar-refractivity contribution >= 4 is 0 Å². The first-order valence-corrected chi connectivity index (χ1v) is 8.37. The van der Waals surface area contributed by atoms with E-state index in [-0.39, 0.29) is 5.92 Å². The highest BCUT2D eigenvalue weighted by atomic mass is 19.4. The molecule has 2 bridgehead atoms. The summed E-state index contributed by atoms with van der Waals surface area (Å²) < 4.78 is 76.8. The first-order chi connectivity index (χ1) is 10.5. The largest absolute Gasteiger partial charge is 0.426 e. The lowest BCUT2D eigenvalue weighted by atomic mass is 9.77. The van der Waals surface area contributed by atoms with Gasteiger partial charge in [-0.25, -0.2) is 0 Å². The van der Waals surface area contributed by atoms with Crippen molar-refractivity contribution in [1.29, 1.82) is 0 Å². The van der Waals surface area contributed by atoms with Crippen molar-refractivity contribution in [3.8, 4) is 0 Å². The fourth-order valence-corrected chi connectivity index (χ4v) is 5.37. The Bertz CT molecular complexity index is 429. The Kier molecular flexibility index (Phi) is 4.17. The number of hydrogen-bond donors (Lipinski definition) is 1. The Morgan fingerprint density at radius 3 is 1.78 bits per heavy atom. The van der Waals surface area contributed by atoms with E-state index >= 15 is 0 Å². The fraction of sp³-hybridized carbons (Fsp3) is 1.00. The zero-order valence-corrected chi connectivity index (χ0v) is 12.8. The summed E-state index contributed by atoms with van der Waals surface area (Å²) in [6.07, 6.45) is -6.53. The summed E-state index contributed by atoms with van der Waals surface area (Å²) in [6.45, 7) is 0. The van der Waals surface area contributed by atoms with Crippen LogP contribution in [0.1, 0.15) is 51.4 Å². The fourth-order valence-electron chi connectivity index (χ4n) is 5.37. The van der Waals surface area contributed by atoms with Gasteiger partial charge in [0.1, 0.15) is 0 Å². The maximum Gasteiger partial charge on any atom is 0.426 e. The van der Waals surface area contributed by atoms with E-state index < -0.39 is 30.3 Å². The number of aliphatic hydroxyl groups is 1. The molecule has 3 fully saturated rings. The van der Waals surface area contributed by atoms with Crippen molar-refractivity contribution in [1.82, 2.24) is 0 Å². The molecule has 0 aromatic carbocycles. The Balaban J connectivity index is 1.64. The summed E-state index contributed by atoms with van der Waals surface area (Å²) in [5.41, 5.74) is -4.58. The van der Waals surface area contributed by atoms with Gasteiger partial charge in [-0.1, -0.05) is 12.8 Å². The average Bonchev–Trinajstić information content (AvgIpc) is 3.11. The van der Waals surface area contributed by atoms with E-state index in [0.717, 1.165) is 12.8 Å². The second-order valence-electron chi connectivity index (χ2n) is 7.84. The number of rotatable bonds is 3. The molecule has 134 valence electrons. The van der Waals surface area contributed by atoms with Crippen LogP contribution < -0.4 is 0 Å². The molecule has 1 N–H and O–H groups in total.